The molecule has 0 saturated carbocycles. The summed E-state index contributed by atoms with van der Waals surface area (Å²) in [5, 5.41) is 8.61. The fraction of sp³-hybridized carbons (Fsp3) is 0.297. The van der Waals surface area contributed by atoms with E-state index in [9.17, 15) is 19.2 Å². The Balaban J connectivity index is 1.42. The molecule has 6 rings (SSSR count). The van der Waals surface area contributed by atoms with Gasteiger partial charge in [0.2, 0.25) is 23.6 Å². The Morgan fingerprint density at radius 1 is 0.957 bits per heavy atom. The Bertz CT molecular complexity index is 1570. The maximum Gasteiger partial charge on any atom is 0.247 e. The molecule has 0 unspecified atom stereocenters. The van der Waals surface area contributed by atoms with E-state index in [4.69, 9.17) is 4.74 Å². The number of likely N-dealkylation sites (tertiary alicyclic amines) is 1. The van der Waals surface area contributed by atoms with Crippen molar-refractivity contribution in [2.75, 3.05) is 6.54 Å². The molecule has 3 aromatic rings. The van der Waals surface area contributed by atoms with Crippen LogP contribution in [0.5, 0.6) is 5.75 Å². The topological polar surface area (TPSA) is 117 Å². The van der Waals surface area contributed by atoms with Crippen molar-refractivity contribution in [2.45, 2.75) is 57.3 Å². The van der Waals surface area contributed by atoms with Crippen molar-refractivity contribution in [3.8, 4) is 5.75 Å². The highest BCUT2D eigenvalue weighted by Gasteiger charge is 2.40. The van der Waals surface area contributed by atoms with Crippen LogP contribution in [-0.4, -0.2) is 59.3 Å². The number of carbonyl (C=O) groups is 4. The fourth-order valence-corrected chi connectivity index (χ4v) is 5.72. The fourth-order valence-electron chi connectivity index (χ4n) is 5.72. The molecule has 4 amide bonds. The molecule has 0 aliphatic carbocycles. The van der Waals surface area contributed by atoms with Crippen LogP contribution >= 0.6 is 0 Å². The summed E-state index contributed by atoms with van der Waals surface area (Å²) in [7, 11) is 0. The lowest BCUT2D eigenvalue weighted by Gasteiger charge is -2.33. The predicted octanol–water partition coefficient (Wildman–Crippen LogP) is 4.11. The second-order valence-corrected chi connectivity index (χ2v) is 11.9. The van der Waals surface area contributed by atoms with Gasteiger partial charge < -0.3 is 25.6 Å². The summed E-state index contributed by atoms with van der Waals surface area (Å²) in [4.78, 5) is 56.1. The van der Waals surface area contributed by atoms with Crippen LogP contribution in [0.2, 0.25) is 0 Å². The van der Waals surface area contributed by atoms with Crippen molar-refractivity contribution in [2.24, 2.45) is 5.92 Å². The zero-order valence-corrected chi connectivity index (χ0v) is 26.1. The number of nitrogens with one attached hydrogen (secondary N) is 3. The van der Waals surface area contributed by atoms with Crippen molar-refractivity contribution >= 4 is 35.8 Å². The Morgan fingerprint density at radius 3 is 2.35 bits per heavy atom. The zero-order chi connectivity index (χ0) is 32.5. The Labute approximate surface area is 269 Å². The monoisotopic (exact) mass is 620 g/mol. The molecule has 0 spiro atoms. The number of hydrogen-bond acceptors (Lipinski definition) is 5. The molecule has 9 heteroatoms. The van der Waals surface area contributed by atoms with Crippen LogP contribution in [-0.2, 0) is 25.6 Å². The summed E-state index contributed by atoms with van der Waals surface area (Å²) in [5.41, 5.74) is 2.59. The maximum absolute atomic E-state index is 14.1. The van der Waals surface area contributed by atoms with Gasteiger partial charge in [0.1, 0.15) is 30.0 Å². The molecule has 1 saturated heterocycles. The Kier molecular flexibility index (Phi) is 10.7. The number of carbonyl (C=O) groups excluding carboxylic acids is 4. The van der Waals surface area contributed by atoms with Gasteiger partial charge in [0, 0.05) is 25.2 Å². The average Bonchev–Trinajstić information content (AvgIpc) is 3.56. The summed E-state index contributed by atoms with van der Waals surface area (Å²) in [6.07, 6.45) is 7.09. The van der Waals surface area contributed by atoms with Crippen LogP contribution < -0.4 is 20.7 Å². The van der Waals surface area contributed by atoms with Crippen molar-refractivity contribution in [3.63, 3.8) is 0 Å². The summed E-state index contributed by atoms with van der Waals surface area (Å²) < 4.78 is 6.37. The summed E-state index contributed by atoms with van der Waals surface area (Å²) in [5.74, 6) is -1.35. The molecule has 3 aromatic carbocycles. The van der Waals surface area contributed by atoms with Crippen LogP contribution in [0.3, 0.4) is 0 Å². The molecule has 3 aliphatic rings. The van der Waals surface area contributed by atoms with Crippen molar-refractivity contribution in [3.05, 3.63) is 114 Å². The number of fused-ring (bicyclic) bond motifs is 10. The first kappa shape index (κ1) is 32.2. The van der Waals surface area contributed by atoms with Crippen LogP contribution in [0.15, 0.2) is 97.2 Å². The first-order valence-corrected chi connectivity index (χ1v) is 15.7. The molecule has 238 valence electrons. The minimum atomic E-state index is -1.16. The summed E-state index contributed by atoms with van der Waals surface area (Å²) >= 11 is 0. The molecule has 9 nitrogen and oxygen atoms in total. The third kappa shape index (κ3) is 8.29. The normalized spacial score (nSPS) is 22.5. The molecule has 2 bridgehead atoms. The van der Waals surface area contributed by atoms with Gasteiger partial charge in [0.25, 0.3) is 0 Å². The zero-order valence-electron chi connectivity index (χ0n) is 26.1. The van der Waals surface area contributed by atoms with Gasteiger partial charge in [-0.05, 0) is 59.7 Å². The molecular weight excluding hydrogens is 580 g/mol. The van der Waals surface area contributed by atoms with E-state index in [2.05, 4.69) is 16.0 Å². The van der Waals surface area contributed by atoms with E-state index >= 15 is 0 Å². The Morgan fingerprint density at radius 2 is 1.65 bits per heavy atom. The lowest BCUT2D eigenvalue weighted by Crippen LogP contribution is -2.62. The molecule has 4 atom stereocenters. The van der Waals surface area contributed by atoms with E-state index in [1.54, 1.807) is 30.5 Å². The van der Waals surface area contributed by atoms with Gasteiger partial charge in [-0.1, -0.05) is 86.6 Å². The lowest BCUT2D eigenvalue weighted by molar-refractivity contribution is -0.139. The van der Waals surface area contributed by atoms with Crippen LogP contribution in [0.25, 0.3) is 12.2 Å². The smallest absolute Gasteiger partial charge is 0.247 e. The SMILES string of the molecule is CC(C)[C@@H]1Oc2ccc(cc2)/C=C/NC(=O)[C@@H](Cc2ccccc2)NC(=O)[C@H]1NC(=O)[C@H]1CCCN1C(=O)/C=C/c1ccccc1. The molecule has 0 aromatic heterocycles. The highest BCUT2D eigenvalue weighted by molar-refractivity contribution is 5.98. The quantitative estimate of drug-likeness (QED) is 0.344. The largest absolute Gasteiger partial charge is 0.487 e. The number of amides is 4. The standard InChI is InChI=1S/C37H40N4O5/c1-25(2)34-33(40-36(44)31-14-9-23-41(31)32(42)20-17-26-10-5-3-6-11-26)37(45)39-30(24-28-12-7-4-8-13-28)35(43)38-22-21-27-15-18-29(46-34)19-16-27/h3-8,10-13,15-22,25,30-31,33-34H,9,14,23-24H2,1-2H3,(H,38,43)(H,39,45)(H,40,44)/b20-17+,22-21+/t30-,31-,33+,34+/m1/s1. The lowest BCUT2D eigenvalue weighted by atomic mass is 9.96. The van der Waals surface area contributed by atoms with E-state index in [0.29, 0.717) is 25.1 Å². The summed E-state index contributed by atoms with van der Waals surface area (Å²) in [6.45, 7) is 4.24. The minimum absolute atomic E-state index is 0.208. The van der Waals surface area contributed by atoms with E-state index in [1.165, 1.54) is 11.0 Å². The second-order valence-electron chi connectivity index (χ2n) is 11.9. The van der Waals surface area contributed by atoms with Gasteiger partial charge in [-0.2, -0.15) is 0 Å². The molecule has 3 aliphatic heterocycles. The highest BCUT2D eigenvalue weighted by atomic mass is 16.5. The molecule has 0 radical (unpaired) electrons. The van der Waals surface area contributed by atoms with Crippen LogP contribution in [0.1, 0.15) is 43.4 Å². The predicted molar refractivity (Wildman–Crippen MR) is 177 cm³/mol. The first-order valence-electron chi connectivity index (χ1n) is 15.7. The van der Waals surface area contributed by atoms with Crippen LogP contribution in [0.4, 0.5) is 0 Å². The number of rotatable bonds is 7. The van der Waals surface area contributed by atoms with Crippen molar-refractivity contribution in [1.29, 1.82) is 0 Å². The number of nitrogens with zero attached hydrogens (tertiary/aromatic N) is 1. The molecule has 1 fully saturated rings. The first-order chi connectivity index (χ1) is 22.3. The molecular formula is C37H40N4O5. The second kappa shape index (κ2) is 15.2. The number of hydrogen-bond donors (Lipinski definition) is 3. The van der Waals surface area contributed by atoms with E-state index in [0.717, 1.165) is 16.7 Å². The molecule has 46 heavy (non-hydrogen) atoms. The van der Waals surface area contributed by atoms with Gasteiger partial charge in [0.05, 0.1) is 0 Å². The van der Waals surface area contributed by atoms with Crippen molar-refractivity contribution in [1.82, 2.24) is 20.9 Å². The van der Waals surface area contributed by atoms with E-state index < -0.39 is 42.0 Å². The maximum atomic E-state index is 14.1. The summed E-state index contributed by atoms with van der Waals surface area (Å²) in [6, 6.07) is 23.3. The Hall–Kier alpha value is -5.18. The number of ether oxygens (including phenoxy) is 1. The van der Waals surface area contributed by atoms with Gasteiger partial charge in [0.15, 0.2) is 0 Å². The minimum Gasteiger partial charge on any atom is -0.487 e. The third-order valence-corrected chi connectivity index (χ3v) is 8.19. The van der Waals surface area contributed by atoms with E-state index in [-0.39, 0.29) is 18.2 Å². The molecule has 3 N–H and O–H groups in total. The molecule has 3 heterocycles. The average molecular weight is 621 g/mol. The van der Waals surface area contributed by atoms with Gasteiger partial charge >= 0.3 is 0 Å². The van der Waals surface area contributed by atoms with Gasteiger partial charge in [-0.3, -0.25) is 19.2 Å². The van der Waals surface area contributed by atoms with E-state index in [1.807, 2.05) is 86.6 Å². The van der Waals surface area contributed by atoms with Gasteiger partial charge in [-0.15, -0.1) is 0 Å². The highest BCUT2D eigenvalue weighted by Crippen LogP contribution is 2.23. The van der Waals surface area contributed by atoms with Gasteiger partial charge in [-0.25, -0.2) is 0 Å². The van der Waals surface area contributed by atoms with Crippen LogP contribution in [0, 0.1) is 5.92 Å². The van der Waals surface area contributed by atoms with Crippen molar-refractivity contribution < 1.29 is 23.9 Å². The third-order valence-electron chi connectivity index (χ3n) is 8.19. The number of benzene rings is 3.